The number of aryl methyl sites for hydroxylation is 1. The molecule has 0 heterocycles. The monoisotopic (exact) mass is 205 g/mol. The highest BCUT2D eigenvalue weighted by Crippen LogP contribution is 2.30. The molecule has 82 valence electrons. The van der Waals surface area contributed by atoms with E-state index in [1.165, 1.54) is 30.5 Å². The van der Waals surface area contributed by atoms with Gasteiger partial charge in [0.05, 0.1) is 6.61 Å². The first-order valence-corrected chi connectivity index (χ1v) is 5.65. The van der Waals surface area contributed by atoms with E-state index >= 15 is 0 Å². The van der Waals surface area contributed by atoms with Gasteiger partial charge in [-0.15, -0.1) is 0 Å². The van der Waals surface area contributed by atoms with Crippen molar-refractivity contribution in [3.05, 3.63) is 29.3 Å². The summed E-state index contributed by atoms with van der Waals surface area (Å²) < 4.78 is 0. The number of hydrogen-bond donors (Lipinski definition) is 1. The molecule has 0 amide bonds. The number of aliphatic hydroxyl groups is 1. The van der Waals surface area contributed by atoms with Crippen molar-refractivity contribution in [3.63, 3.8) is 0 Å². The van der Waals surface area contributed by atoms with E-state index in [0.717, 1.165) is 11.6 Å². The molecule has 0 unspecified atom stereocenters. The van der Waals surface area contributed by atoms with Crippen LogP contribution in [-0.4, -0.2) is 18.2 Å². The van der Waals surface area contributed by atoms with Crippen molar-refractivity contribution in [1.82, 2.24) is 0 Å². The first-order chi connectivity index (χ1) is 7.22. The molecule has 1 aliphatic carbocycles. The maximum absolute atomic E-state index is 9.04. The lowest BCUT2D eigenvalue weighted by Crippen LogP contribution is -2.37. The Morgan fingerprint density at radius 2 is 2.13 bits per heavy atom. The van der Waals surface area contributed by atoms with E-state index < -0.39 is 0 Å². The van der Waals surface area contributed by atoms with Crippen molar-refractivity contribution in [1.29, 1.82) is 0 Å². The second-order valence-electron chi connectivity index (χ2n) is 4.47. The van der Waals surface area contributed by atoms with Gasteiger partial charge in [-0.25, -0.2) is 0 Å². The van der Waals surface area contributed by atoms with Crippen LogP contribution in [0.2, 0.25) is 0 Å². The molecule has 2 nitrogen and oxygen atoms in total. The Balaban J connectivity index is 2.19. The third kappa shape index (κ3) is 2.00. The Morgan fingerprint density at radius 1 is 1.40 bits per heavy atom. The van der Waals surface area contributed by atoms with Crippen molar-refractivity contribution in [2.45, 2.75) is 38.8 Å². The van der Waals surface area contributed by atoms with E-state index in [1.54, 1.807) is 0 Å². The molecule has 15 heavy (non-hydrogen) atoms. The third-order valence-electron chi connectivity index (χ3n) is 3.45. The summed E-state index contributed by atoms with van der Waals surface area (Å²) in [5.41, 5.74) is 3.56. The summed E-state index contributed by atoms with van der Waals surface area (Å²) in [5.74, 6) is 0. The minimum atomic E-state index is 0.133. The molecule has 2 rings (SSSR count). The highest BCUT2D eigenvalue weighted by Gasteiger charge is 2.22. The SMILES string of the molecule is Cc1cc(CO)ccc1N(C)C1CCC1. The Bertz CT molecular complexity index is 344. The van der Waals surface area contributed by atoms with Gasteiger partial charge >= 0.3 is 0 Å². The number of rotatable bonds is 3. The molecule has 1 aromatic rings. The molecule has 1 N–H and O–H groups in total. The number of benzene rings is 1. The van der Waals surface area contributed by atoms with E-state index in [4.69, 9.17) is 5.11 Å². The second kappa shape index (κ2) is 4.23. The summed E-state index contributed by atoms with van der Waals surface area (Å²) in [4.78, 5) is 2.37. The van der Waals surface area contributed by atoms with Gasteiger partial charge in [0.15, 0.2) is 0 Å². The van der Waals surface area contributed by atoms with Crippen LogP contribution >= 0.6 is 0 Å². The summed E-state index contributed by atoms with van der Waals surface area (Å²) in [5, 5.41) is 9.04. The Kier molecular flexibility index (Phi) is 2.96. The molecule has 1 fully saturated rings. The standard InChI is InChI=1S/C13H19NO/c1-10-8-11(9-15)6-7-13(10)14(2)12-4-3-5-12/h6-8,12,15H,3-5,9H2,1-2H3. The first kappa shape index (κ1) is 10.5. The summed E-state index contributed by atoms with van der Waals surface area (Å²) in [6, 6.07) is 6.94. The van der Waals surface area contributed by atoms with E-state index in [1.807, 2.05) is 6.07 Å². The Morgan fingerprint density at radius 3 is 2.60 bits per heavy atom. The van der Waals surface area contributed by atoms with Crippen LogP contribution in [0.3, 0.4) is 0 Å². The molecule has 0 aromatic heterocycles. The fourth-order valence-corrected chi connectivity index (χ4v) is 2.18. The molecule has 1 aromatic carbocycles. The van der Waals surface area contributed by atoms with Crippen molar-refractivity contribution < 1.29 is 5.11 Å². The first-order valence-electron chi connectivity index (χ1n) is 5.65. The van der Waals surface area contributed by atoms with Crippen LogP contribution in [0.5, 0.6) is 0 Å². The van der Waals surface area contributed by atoms with Gasteiger partial charge in [-0.2, -0.15) is 0 Å². The van der Waals surface area contributed by atoms with E-state index in [2.05, 4.69) is 31.0 Å². The van der Waals surface area contributed by atoms with Gasteiger partial charge < -0.3 is 10.0 Å². The van der Waals surface area contributed by atoms with Crippen LogP contribution in [0, 0.1) is 6.92 Å². The zero-order valence-corrected chi connectivity index (χ0v) is 9.53. The minimum absolute atomic E-state index is 0.133. The van der Waals surface area contributed by atoms with Gasteiger partial charge in [0.1, 0.15) is 0 Å². The smallest absolute Gasteiger partial charge is 0.0681 e. The van der Waals surface area contributed by atoms with Gasteiger partial charge in [0.25, 0.3) is 0 Å². The molecule has 0 saturated heterocycles. The zero-order chi connectivity index (χ0) is 10.8. The number of nitrogens with zero attached hydrogens (tertiary/aromatic N) is 1. The largest absolute Gasteiger partial charge is 0.392 e. The highest BCUT2D eigenvalue weighted by atomic mass is 16.3. The predicted octanol–water partition coefficient (Wildman–Crippen LogP) is 2.48. The maximum Gasteiger partial charge on any atom is 0.0681 e. The topological polar surface area (TPSA) is 23.5 Å². The molecule has 0 aliphatic heterocycles. The van der Waals surface area contributed by atoms with Gasteiger partial charge in [-0.1, -0.05) is 12.1 Å². The van der Waals surface area contributed by atoms with Crippen LogP contribution in [0.25, 0.3) is 0 Å². The minimum Gasteiger partial charge on any atom is -0.392 e. The van der Waals surface area contributed by atoms with Crippen molar-refractivity contribution >= 4 is 5.69 Å². The molecular formula is C13H19NO. The highest BCUT2D eigenvalue weighted by molar-refractivity contribution is 5.54. The maximum atomic E-state index is 9.04. The molecule has 0 radical (unpaired) electrons. The predicted molar refractivity (Wildman–Crippen MR) is 63.1 cm³/mol. The van der Waals surface area contributed by atoms with Crippen molar-refractivity contribution in [3.8, 4) is 0 Å². The van der Waals surface area contributed by atoms with Crippen LogP contribution in [0.1, 0.15) is 30.4 Å². The van der Waals surface area contributed by atoms with E-state index in [9.17, 15) is 0 Å². The van der Waals surface area contributed by atoms with E-state index in [-0.39, 0.29) is 6.61 Å². The Hall–Kier alpha value is -1.02. The number of aliphatic hydroxyl groups excluding tert-OH is 1. The molecule has 2 heteroatoms. The zero-order valence-electron chi connectivity index (χ0n) is 9.53. The average molecular weight is 205 g/mol. The lowest BCUT2D eigenvalue weighted by Gasteiger charge is -2.37. The van der Waals surface area contributed by atoms with Crippen molar-refractivity contribution in [2.75, 3.05) is 11.9 Å². The third-order valence-corrected chi connectivity index (χ3v) is 3.45. The van der Waals surface area contributed by atoms with Crippen LogP contribution < -0.4 is 4.90 Å². The average Bonchev–Trinajstić information content (AvgIpc) is 2.14. The molecule has 0 atom stereocenters. The van der Waals surface area contributed by atoms with Crippen LogP contribution in [-0.2, 0) is 6.61 Å². The molecule has 0 spiro atoms. The lowest BCUT2D eigenvalue weighted by atomic mass is 9.91. The fourth-order valence-electron chi connectivity index (χ4n) is 2.18. The fraction of sp³-hybridized carbons (Fsp3) is 0.538. The Labute approximate surface area is 91.5 Å². The van der Waals surface area contributed by atoms with Gasteiger partial charge in [-0.05, 0) is 43.4 Å². The van der Waals surface area contributed by atoms with Crippen LogP contribution in [0.4, 0.5) is 5.69 Å². The molecule has 1 aliphatic rings. The van der Waals surface area contributed by atoms with Gasteiger partial charge in [-0.3, -0.25) is 0 Å². The summed E-state index contributed by atoms with van der Waals surface area (Å²) in [6.07, 6.45) is 4.00. The van der Waals surface area contributed by atoms with Gasteiger partial charge in [0.2, 0.25) is 0 Å². The molecule has 1 saturated carbocycles. The van der Waals surface area contributed by atoms with E-state index in [0.29, 0.717) is 0 Å². The lowest BCUT2D eigenvalue weighted by molar-refractivity contribution is 0.282. The second-order valence-corrected chi connectivity index (χ2v) is 4.47. The molecule has 0 bridgehead atoms. The molecular weight excluding hydrogens is 186 g/mol. The quantitative estimate of drug-likeness (QED) is 0.819. The van der Waals surface area contributed by atoms with Crippen molar-refractivity contribution in [2.24, 2.45) is 0 Å². The van der Waals surface area contributed by atoms with Gasteiger partial charge in [0, 0.05) is 18.8 Å². The summed E-state index contributed by atoms with van der Waals surface area (Å²) in [6.45, 7) is 2.25. The summed E-state index contributed by atoms with van der Waals surface area (Å²) >= 11 is 0. The normalized spacial score (nSPS) is 16.2. The number of anilines is 1. The van der Waals surface area contributed by atoms with Crippen LogP contribution in [0.15, 0.2) is 18.2 Å². The summed E-state index contributed by atoms with van der Waals surface area (Å²) in [7, 11) is 2.17. The number of hydrogen-bond acceptors (Lipinski definition) is 2.